The highest BCUT2D eigenvalue weighted by molar-refractivity contribution is 6.31. The van der Waals surface area contributed by atoms with Gasteiger partial charge in [-0.05, 0) is 36.8 Å². The molecule has 0 saturated heterocycles. The largest absolute Gasteiger partial charge is 0.508 e. The molecule has 0 atom stereocenters. The average molecular weight is 262 g/mol. The summed E-state index contributed by atoms with van der Waals surface area (Å²) in [4.78, 5) is 16.1. The standard InChI is InChI=1S/C14H12ClNO2/c1-9-6-11(4-5-16-9)14(18)7-10-2-3-12(17)8-13(10)15/h2-6,8,17H,7H2,1H3. The van der Waals surface area contributed by atoms with E-state index in [1.165, 1.54) is 12.1 Å². The topological polar surface area (TPSA) is 50.2 Å². The van der Waals surface area contributed by atoms with Crippen LogP contribution in [0.3, 0.4) is 0 Å². The van der Waals surface area contributed by atoms with Crippen molar-refractivity contribution in [3.63, 3.8) is 0 Å². The van der Waals surface area contributed by atoms with Gasteiger partial charge in [0.25, 0.3) is 0 Å². The van der Waals surface area contributed by atoms with Gasteiger partial charge in [-0.25, -0.2) is 0 Å². The van der Waals surface area contributed by atoms with Gasteiger partial charge in [0, 0.05) is 28.9 Å². The van der Waals surface area contributed by atoms with Crippen LogP contribution in [0.1, 0.15) is 21.6 Å². The quantitative estimate of drug-likeness (QED) is 0.864. The number of carbonyl (C=O) groups is 1. The van der Waals surface area contributed by atoms with Crippen LogP contribution in [0.2, 0.25) is 5.02 Å². The van der Waals surface area contributed by atoms with Crippen LogP contribution in [0.15, 0.2) is 36.5 Å². The predicted molar refractivity (Wildman–Crippen MR) is 70.1 cm³/mol. The van der Waals surface area contributed by atoms with Crippen molar-refractivity contribution in [2.75, 3.05) is 0 Å². The molecule has 1 aromatic heterocycles. The van der Waals surface area contributed by atoms with E-state index < -0.39 is 0 Å². The smallest absolute Gasteiger partial charge is 0.167 e. The molecule has 0 fully saturated rings. The molecule has 2 aromatic rings. The van der Waals surface area contributed by atoms with Crippen LogP contribution in [-0.2, 0) is 6.42 Å². The molecule has 0 amide bonds. The number of hydrogen-bond acceptors (Lipinski definition) is 3. The van der Waals surface area contributed by atoms with E-state index in [-0.39, 0.29) is 18.0 Å². The molecule has 92 valence electrons. The number of aromatic nitrogens is 1. The van der Waals surface area contributed by atoms with E-state index in [0.717, 1.165) is 5.69 Å². The first-order valence-electron chi connectivity index (χ1n) is 5.49. The Morgan fingerprint density at radius 1 is 1.33 bits per heavy atom. The van der Waals surface area contributed by atoms with Gasteiger partial charge in [-0.3, -0.25) is 9.78 Å². The summed E-state index contributed by atoms with van der Waals surface area (Å²) in [6, 6.07) is 8.04. The van der Waals surface area contributed by atoms with Gasteiger partial charge in [-0.2, -0.15) is 0 Å². The average Bonchev–Trinajstić information content (AvgIpc) is 2.32. The van der Waals surface area contributed by atoms with E-state index in [2.05, 4.69) is 4.98 Å². The summed E-state index contributed by atoms with van der Waals surface area (Å²) in [5.41, 5.74) is 2.12. The van der Waals surface area contributed by atoms with Gasteiger partial charge in [0.15, 0.2) is 5.78 Å². The number of pyridine rings is 1. The number of aromatic hydroxyl groups is 1. The van der Waals surface area contributed by atoms with E-state index in [4.69, 9.17) is 11.6 Å². The number of phenols is 1. The third kappa shape index (κ3) is 2.87. The second-order valence-electron chi connectivity index (χ2n) is 4.06. The summed E-state index contributed by atoms with van der Waals surface area (Å²) in [7, 11) is 0. The number of ketones is 1. The molecule has 0 saturated carbocycles. The molecule has 0 spiro atoms. The number of phenolic OH excluding ortho intramolecular Hbond substituents is 1. The fourth-order valence-electron chi connectivity index (χ4n) is 1.67. The van der Waals surface area contributed by atoms with Crippen molar-refractivity contribution in [2.45, 2.75) is 13.3 Å². The zero-order valence-corrected chi connectivity index (χ0v) is 10.6. The molecular formula is C14H12ClNO2. The van der Waals surface area contributed by atoms with Crippen LogP contribution in [0.25, 0.3) is 0 Å². The number of benzene rings is 1. The van der Waals surface area contributed by atoms with E-state index in [1.807, 2.05) is 6.92 Å². The number of rotatable bonds is 3. The Hall–Kier alpha value is -1.87. The lowest BCUT2D eigenvalue weighted by molar-refractivity contribution is 0.0992. The van der Waals surface area contributed by atoms with E-state index in [0.29, 0.717) is 16.1 Å². The van der Waals surface area contributed by atoms with Gasteiger partial charge in [-0.1, -0.05) is 17.7 Å². The van der Waals surface area contributed by atoms with Crippen LogP contribution in [0.4, 0.5) is 0 Å². The van der Waals surface area contributed by atoms with Crippen molar-refractivity contribution in [1.29, 1.82) is 0 Å². The van der Waals surface area contributed by atoms with Crippen molar-refractivity contribution < 1.29 is 9.90 Å². The van der Waals surface area contributed by atoms with Crippen molar-refractivity contribution in [3.8, 4) is 5.75 Å². The monoisotopic (exact) mass is 261 g/mol. The Bertz CT molecular complexity index is 596. The molecule has 3 nitrogen and oxygen atoms in total. The van der Waals surface area contributed by atoms with Crippen LogP contribution in [0, 0.1) is 6.92 Å². The predicted octanol–water partition coefficient (Wildman–Crippen LogP) is 3.17. The highest BCUT2D eigenvalue weighted by Crippen LogP contribution is 2.22. The summed E-state index contributed by atoms with van der Waals surface area (Å²) in [6.07, 6.45) is 1.82. The van der Waals surface area contributed by atoms with E-state index in [9.17, 15) is 9.90 Å². The minimum absolute atomic E-state index is 0.0203. The number of carbonyl (C=O) groups excluding carboxylic acids is 1. The molecule has 4 heteroatoms. The molecule has 0 aliphatic carbocycles. The van der Waals surface area contributed by atoms with Crippen molar-refractivity contribution in [1.82, 2.24) is 4.98 Å². The summed E-state index contributed by atoms with van der Waals surface area (Å²) in [5, 5.41) is 9.64. The van der Waals surface area contributed by atoms with Gasteiger partial charge in [-0.15, -0.1) is 0 Å². The van der Waals surface area contributed by atoms with Crippen molar-refractivity contribution in [3.05, 3.63) is 58.4 Å². The van der Waals surface area contributed by atoms with Crippen LogP contribution < -0.4 is 0 Å². The van der Waals surface area contributed by atoms with Gasteiger partial charge < -0.3 is 5.11 Å². The number of aryl methyl sites for hydroxylation is 1. The normalized spacial score (nSPS) is 10.3. The first-order chi connectivity index (χ1) is 8.56. The molecule has 0 bridgehead atoms. The number of Topliss-reactive ketones (excluding diaryl/α,β-unsaturated/α-hetero) is 1. The molecule has 18 heavy (non-hydrogen) atoms. The molecule has 1 aromatic carbocycles. The molecule has 0 radical (unpaired) electrons. The maximum Gasteiger partial charge on any atom is 0.167 e. The summed E-state index contributed by atoms with van der Waals surface area (Å²) < 4.78 is 0. The number of nitrogens with zero attached hydrogens (tertiary/aromatic N) is 1. The second kappa shape index (κ2) is 5.19. The summed E-state index contributed by atoms with van der Waals surface area (Å²) in [5.74, 6) is 0.0732. The zero-order valence-electron chi connectivity index (χ0n) is 9.85. The Morgan fingerprint density at radius 2 is 2.11 bits per heavy atom. The molecule has 1 heterocycles. The van der Waals surface area contributed by atoms with Crippen LogP contribution in [-0.4, -0.2) is 15.9 Å². The molecule has 0 aliphatic heterocycles. The van der Waals surface area contributed by atoms with E-state index in [1.54, 1.807) is 24.4 Å². The van der Waals surface area contributed by atoms with Crippen molar-refractivity contribution >= 4 is 17.4 Å². The molecule has 2 rings (SSSR count). The SMILES string of the molecule is Cc1cc(C(=O)Cc2ccc(O)cc2Cl)ccn1. The Labute approximate surface area is 110 Å². The van der Waals surface area contributed by atoms with Gasteiger partial charge >= 0.3 is 0 Å². The molecule has 0 unspecified atom stereocenters. The van der Waals surface area contributed by atoms with Gasteiger partial charge in [0.2, 0.25) is 0 Å². The van der Waals surface area contributed by atoms with Crippen LogP contribution in [0.5, 0.6) is 5.75 Å². The molecule has 1 N–H and O–H groups in total. The minimum Gasteiger partial charge on any atom is -0.508 e. The third-order valence-corrected chi connectivity index (χ3v) is 2.96. The lowest BCUT2D eigenvalue weighted by Gasteiger charge is -2.05. The molecule has 0 aliphatic rings. The summed E-state index contributed by atoms with van der Waals surface area (Å²) in [6.45, 7) is 1.84. The lowest BCUT2D eigenvalue weighted by atomic mass is 10.0. The molecular weight excluding hydrogens is 250 g/mol. The fraction of sp³-hybridized carbons (Fsp3) is 0.143. The zero-order chi connectivity index (χ0) is 13.1. The number of hydrogen-bond donors (Lipinski definition) is 1. The third-order valence-electron chi connectivity index (χ3n) is 2.61. The lowest BCUT2D eigenvalue weighted by Crippen LogP contribution is -2.04. The Morgan fingerprint density at radius 3 is 2.78 bits per heavy atom. The second-order valence-corrected chi connectivity index (χ2v) is 4.47. The van der Waals surface area contributed by atoms with Gasteiger partial charge in [0.05, 0.1) is 0 Å². The fourth-order valence-corrected chi connectivity index (χ4v) is 1.92. The van der Waals surface area contributed by atoms with E-state index >= 15 is 0 Å². The highest BCUT2D eigenvalue weighted by Gasteiger charge is 2.10. The first-order valence-corrected chi connectivity index (χ1v) is 5.87. The Balaban J connectivity index is 2.21. The maximum absolute atomic E-state index is 12.1. The summed E-state index contributed by atoms with van der Waals surface area (Å²) >= 11 is 5.97. The number of halogens is 1. The first kappa shape index (κ1) is 12.6. The minimum atomic E-state index is -0.0203. The Kier molecular flexibility index (Phi) is 3.63. The van der Waals surface area contributed by atoms with Gasteiger partial charge in [0.1, 0.15) is 5.75 Å². The van der Waals surface area contributed by atoms with Crippen molar-refractivity contribution in [2.24, 2.45) is 0 Å². The van der Waals surface area contributed by atoms with Crippen LogP contribution >= 0.6 is 11.6 Å². The maximum atomic E-state index is 12.1. The highest BCUT2D eigenvalue weighted by atomic mass is 35.5.